The molecule has 25 heavy (non-hydrogen) atoms. The smallest absolute Gasteiger partial charge is 0.317 e. The fourth-order valence-corrected chi connectivity index (χ4v) is 2.75. The summed E-state index contributed by atoms with van der Waals surface area (Å²) in [6.45, 7) is 2.49. The van der Waals surface area contributed by atoms with Crippen LogP contribution in [0.4, 0.5) is 5.69 Å². The lowest BCUT2D eigenvalue weighted by atomic mass is 10.0. The highest BCUT2D eigenvalue weighted by molar-refractivity contribution is 5.48. The summed E-state index contributed by atoms with van der Waals surface area (Å²) in [5, 5.41) is 19.5. The molecule has 3 rings (SSSR count). The van der Waals surface area contributed by atoms with Crippen molar-refractivity contribution in [3.05, 3.63) is 64.6 Å². The molecule has 0 aliphatic carbocycles. The zero-order chi connectivity index (χ0) is 17.6. The molecule has 0 spiro atoms. The van der Waals surface area contributed by atoms with Gasteiger partial charge in [0.2, 0.25) is 0 Å². The number of rotatable bonds is 3. The maximum absolute atomic E-state index is 11.2. The predicted molar refractivity (Wildman–Crippen MR) is 91.6 cm³/mol. The molecule has 1 atom stereocenters. The van der Waals surface area contributed by atoms with Crippen LogP contribution in [-0.2, 0) is 4.74 Å². The van der Waals surface area contributed by atoms with E-state index in [-0.39, 0.29) is 16.4 Å². The molecule has 0 amide bonds. The van der Waals surface area contributed by atoms with E-state index in [2.05, 4.69) is 16.7 Å². The molecule has 0 bridgehead atoms. The average Bonchev–Trinajstić information content (AvgIpc) is 2.65. The first kappa shape index (κ1) is 17.0. The number of phenols is 1. The van der Waals surface area contributed by atoms with E-state index >= 15 is 0 Å². The molecule has 6 heteroatoms. The Kier molecular flexibility index (Phi) is 5.29. The largest absolute Gasteiger partial charge is 0.508 e. The Morgan fingerprint density at radius 1 is 1.12 bits per heavy atom. The fourth-order valence-electron chi connectivity index (χ4n) is 2.75. The number of morpholine rings is 1. The van der Waals surface area contributed by atoms with E-state index in [9.17, 15) is 10.0 Å². The Balaban J connectivity index is 2.01. The van der Waals surface area contributed by atoms with Crippen molar-refractivity contribution in [2.24, 2.45) is 0 Å². The Morgan fingerprint density at radius 2 is 1.84 bits per heavy atom. The van der Waals surface area contributed by atoms with Gasteiger partial charge in [-0.1, -0.05) is 30.0 Å². The van der Waals surface area contributed by atoms with Gasteiger partial charge in [-0.25, -0.2) is 5.21 Å². The van der Waals surface area contributed by atoms with E-state index in [0.29, 0.717) is 31.9 Å². The number of benzene rings is 2. The summed E-state index contributed by atoms with van der Waals surface area (Å²) in [6.07, 6.45) is 0. The van der Waals surface area contributed by atoms with Crippen molar-refractivity contribution in [3.8, 4) is 17.6 Å². The number of hydrogen-bond donors (Lipinski definition) is 2. The fraction of sp³-hybridized carbons (Fsp3) is 0.263. The summed E-state index contributed by atoms with van der Waals surface area (Å²) < 4.78 is 5.39. The van der Waals surface area contributed by atoms with E-state index in [0.717, 1.165) is 5.56 Å². The third kappa shape index (κ3) is 4.15. The molecule has 0 radical (unpaired) electrons. The molecule has 1 heterocycles. The van der Waals surface area contributed by atoms with Gasteiger partial charge in [-0.15, -0.1) is 0 Å². The standard InChI is InChI=1S/C19H18N2O4/c22-19-9-7-16(21(23)24)14-17(19)18(20-10-12-25-13-11-20)8-6-15-4-2-1-3-5-15/h1-5,7,9,14,18H,10-13H2,(H-,22,23,24)/p+1. The highest BCUT2D eigenvalue weighted by atomic mass is 16.6. The number of ether oxygens (including phenoxy) is 1. The van der Waals surface area contributed by atoms with Crippen LogP contribution in [0.3, 0.4) is 0 Å². The van der Waals surface area contributed by atoms with Crippen molar-refractivity contribution in [2.75, 3.05) is 26.3 Å². The summed E-state index contributed by atoms with van der Waals surface area (Å²) in [5.41, 5.74) is 1.40. The molecule has 1 aliphatic heterocycles. The lowest BCUT2D eigenvalue weighted by molar-refractivity contribution is -0.729. The van der Waals surface area contributed by atoms with Gasteiger partial charge in [0.25, 0.3) is 4.92 Å². The third-order valence-electron chi connectivity index (χ3n) is 4.06. The van der Waals surface area contributed by atoms with Gasteiger partial charge in [0.1, 0.15) is 11.8 Å². The summed E-state index contributed by atoms with van der Waals surface area (Å²) in [6, 6.07) is 13.4. The van der Waals surface area contributed by atoms with Gasteiger partial charge in [0.15, 0.2) is 0 Å². The molecule has 0 saturated carbocycles. The van der Waals surface area contributed by atoms with E-state index in [1.165, 1.54) is 18.2 Å². The second-order valence-electron chi connectivity index (χ2n) is 5.70. The van der Waals surface area contributed by atoms with Gasteiger partial charge in [0, 0.05) is 36.3 Å². The number of aromatic hydroxyl groups is 1. The van der Waals surface area contributed by atoms with Gasteiger partial charge in [-0.2, -0.15) is 0 Å². The lowest BCUT2D eigenvalue weighted by Gasteiger charge is -2.31. The zero-order valence-corrected chi connectivity index (χ0v) is 13.6. The highest BCUT2D eigenvalue weighted by Crippen LogP contribution is 2.32. The normalized spacial score (nSPS) is 15.8. The third-order valence-corrected chi connectivity index (χ3v) is 4.06. The summed E-state index contributed by atoms with van der Waals surface area (Å²) >= 11 is 0. The van der Waals surface area contributed by atoms with Crippen LogP contribution in [0.25, 0.3) is 0 Å². The van der Waals surface area contributed by atoms with Crippen molar-refractivity contribution in [1.82, 2.24) is 4.90 Å². The second kappa shape index (κ2) is 7.79. The van der Waals surface area contributed by atoms with E-state index in [4.69, 9.17) is 9.94 Å². The molecule has 128 valence electrons. The molecular weight excluding hydrogens is 320 g/mol. The van der Waals surface area contributed by atoms with Crippen LogP contribution in [0.2, 0.25) is 0 Å². The summed E-state index contributed by atoms with van der Waals surface area (Å²) in [5.74, 6) is 6.34. The first-order valence-corrected chi connectivity index (χ1v) is 8.02. The minimum Gasteiger partial charge on any atom is -0.508 e. The molecule has 6 nitrogen and oxygen atoms in total. The van der Waals surface area contributed by atoms with Crippen LogP contribution in [0, 0.1) is 16.7 Å². The van der Waals surface area contributed by atoms with Gasteiger partial charge in [0.05, 0.1) is 18.1 Å². The van der Waals surface area contributed by atoms with Crippen LogP contribution in [0.15, 0.2) is 48.5 Å². The monoisotopic (exact) mass is 339 g/mol. The van der Waals surface area contributed by atoms with Crippen LogP contribution < -0.4 is 0 Å². The Morgan fingerprint density at radius 3 is 2.52 bits per heavy atom. The van der Waals surface area contributed by atoms with Crippen molar-refractivity contribution in [3.63, 3.8) is 0 Å². The van der Waals surface area contributed by atoms with Gasteiger partial charge < -0.3 is 9.84 Å². The lowest BCUT2D eigenvalue weighted by Crippen LogP contribution is -2.38. The maximum Gasteiger partial charge on any atom is 0.317 e. The molecular formula is C19H19N2O4+. The van der Waals surface area contributed by atoms with Crippen molar-refractivity contribution in [2.45, 2.75) is 6.04 Å². The molecule has 2 aromatic rings. The zero-order valence-electron chi connectivity index (χ0n) is 13.6. The molecule has 1 aliphatic rings. The van der Waals surface area contributed by atoms with E-state index in [1.807, 2.05) is 30.3 Å². The SMILES string of the molecule is O=[N+](O)c1ccc(O)c(C(C#Cc2ccccc2)N2CCOCC2)c1. The number of nitrogens with zero attached hydrogens (tertiary/aromatic N) is 2. The number of hydrogen-bond acceptors (Lipinski definition) is 4. The number of phenolic OH excluding ortho intramolecular Hbond substituents is 1. The summed E-state index contributed by atoms with van der Waals surface area (Å²) in [7, 11) is 0. The van der Waals surface area contributed by atoms with Crippen molar-refractivity contribution >= 4 is 5.69 Å². The van der Waals surface area contributed by atoms with Crippen LogP contribution in [-0.4, -0.2) is 46.4 Å². The Bertz CT molecular complexity index is 805. The quantitative estimate of drug-likeness (QED) is 0.664. The molecule has 2 N–H and O–H groups in total. The van der Waals surface area contributed by atoms with Crippen LogP contribution in [0.1, 0.15) is 17.2 Å². The van der Waals surface area contributed by atoms with Crippen LogP contribution in [0.5, 0.6) is 5.75 Å². The van der Waals surface area contributed by atoms with Gasteiger partial charge in [-0.3, -0.25) is 4.90 Å². The molecule has 1 fully saturated rings. The Hall–Kier alpha value is -2.88. The highest BCUT2D eigenvalue weighted by Gasteiger charge is 2.26. The minimum atomic E-state index is -0.413. The molecule has 2 aromatic carbocycles. The maximum atomic E-state index is 11.2. The first-order chi connectivity index (χ1) is 12.1. The van der Waals surface area contributed by atoms with Gasteiger partial charge >= 0.3 is 5.69 Å². The molecule has 0 aromatic heterocycles. The second-order valence-corrected chi connectivity index (χ2v) is 5.70. The van der Waals surface area contributed by atoms with Crippen molar-refractivity contribution in [1.29, 1.82) is 0 Å². The van der Waals surface area contributed by atoms with Gasteiger partial charge in [-0.05, 0) is 18.2 Å². The molecule has 1 unspecified atom stereocenters. The van der Waals surface area contributed by atoms with Crippen molar-refractivity contribution < 1.29 is 20.0 Å². The van der Waals surface area contributed by atoms with Crippen LogP contribution >= 0.6 is 0 Å². The minimum absolute atomic E-state index is 0.0319. The Labute approximate surface area is 145 Å². The van der Waals surface area contributed by atoms with E-state index in [1.54, 1.807) is 0 Å². The molecule has 1 saturated heterocycles. The average molecular weight is 339 g/mol. The predicted octanol–water partition coefficient (Wildman–Crippen LogP) is 2.62. The topological polar surface area (TPSA) is 73.0 Å². The first-order valence-electron chi connectivity index (χ1n) is 8.02. The van der Waals surface area contributed by atoms with E-state index < -0.39 is 6.04 Å². The summed E-state index contributed by atoms with van der Waals surface area (Å²) in [4.78, 5) is 13.1.